The maximum Gasteiger partial charge on any atom is 0.335 e. The van der Waals surface area contributed by atoms with E-state index < -0.39 is 5.97 Å². The Hall–Kier alpha value is -0.960. The molecule has 0 heterocycles. The Morgan fingerprint density at radius 3 is 2.47 bits per heavy atom. The van der Waals surface area contributed by atoms with Crippen LogP contribution in [0, 0.1) is 0 Å². The van der Waals surface area contributed by atoms with Crippen LogP contribution in [0.3, 0.4) is 0 Å². The predicted octanol–water partition coefficient (Wildman–Crippen LogP) is 3.42. The summed E-state index contributed by atoms with van der Waals surface area (Å²) in [5.41, 5.74) is 1.54. The molecule has 1 aromatic carbocycles. The number of aromatic carboxylic acids is 1. The van der Waals surface area contributed by atoms with Crippen molar-refractivity contribution >= 4 is 17.7 Å². The first kappa shape index (κ1) is 12.1. The Morgan fingerprint density at radius 2 is 2.00 bits per heavy atom. The van der Waals surface area contributed by atoms with Crippen molar-refractivity contribution in [2.45, 2.75) is 31.3 Å². The second-order valence-electron chi connectivity index (χ2n) is 3.53. The molecule has 0 radical (unpaired) electrons. The quantitative estimate of drug-likeness (QED) is 0.832. The van der Waals surface area contributed by atoms with Gasteiger partial charge in [-0.3, -0.25) is 0 Å². The minimum atomic E-state index is -0.865. The molecule has 0 aliphatic carbocycles. The maximum absolute atomic E-state index is 10.6. The summed E-state index contributed by atoms with van der Waals surface area (Å²) in [5, 5.41) is 9.38. The van der Waals surface area contributed by atoms with Crippen LogP contribution in [0.4, 0.5) is 0 Å². The molecule has 0 aliphatic rings. The molecule has 1 aromatic rings. The van der Waals surface area contributed by atoms with E-state index >= 15 is 0 Å². The zero-order chi connectivity index (χ0) is 11.3. The molecule has 82 valence electrons. The van der Waals surface area contributed by atoms with Crippen molar-refractivity contribution in [3.63, 3.8) is 0 Å². The van der Waals surface area contributed by atoms with Crippen LogP contribution in [0.5, 0.6) is 0 Å². The molecule has 0 aromatic heterocycles. The van der Waals surface area contributed by atoms with Gasteiger partial charge in [0.1, 0.15) is 0 Å². The van der Waals surface area contributed by atoms with Crippen LogP contribution < -0.4 is 0 Å². The third-order valence-corrected chi connectivity index (χ3v) is 3.71. The van der Waals surface area contributed by atoms with Crippen molar-refractivity contribution in [3.8, 4) is 0 Å². The zero-order valence-electron chi connectivity index (χ0n) is 9.06. The summed E-state index contributed by atoms with van der Waals surface area (Å²) >= 11 is 1.90. The van der Waals surface area contributed by atoms with Gasteiger partial charge in [-0.1, -0.05) is 26.0 Å². The lowest BCUT2D eigenvalue weighted by Crippen LogP contribution is -1.97. The Kier molecular flexibility index (Phi) is 4.69. The van der Waals surface area contributed by atoms with Gasteiger partial charge in [-0.25, -0.2) is 4.79 Å². The van der Waals surface area contributed by atoms with Gasteiger partial charge in [-0.15, -0.1) is 0 Å². The average Bonchev–Trinajstić information content (AvgIpc) is 2.26. The summed E-state index contributed by atoms with van der Waals surface area (Å²) in [4.78, 5) is 10.6. The molecule has 1 rings (SSSR count). The molecule has 1 N–H and O–H groups in total. The summed E-state index contributed by atoms with van der Waals surface area (Å²) in [6, 6.07) is 7.10. The van der Waals surface area contributed by atoms with Gasteiger partial charge in [0.15, 0.2) is 0 Å². The van der Waals surface area contributed by atoms with E-state index in [0.29, 0.717) is 10.8 Å². The van der Waals surface area contributed by atoms with Gasteiger partial charge in [0.25, 0.3) is 0 Å². The normalized spacial score (nSPS) is 12.4. The monoisotopic (exact) mass is 224 g/mol. The number of carboxylic acids is 1. The number of thioether (sulfide) groups is 1. The molecule has 1 atom stereocenters. The van der Waals surface area contributed by atoms with E-state index in [2.05, 4.69) is 13.8 Å². The van der Waals surface area contributed by atoms with Gasteiger partial charge in [-0.2, -0.15) is 11.8 Å². The first-order valence-corrected chi connectivity index (χ1v) is 6.12. The van der Waals surface area contributed by atoms with Crippen LogP contribution in [-0.2, 0) is 5.75 Å². The van der Waals surface area contributed by atoms with Crippen LogP contribution in [-0.4, -0.2) is 16.3 Å². The number of rotatable bonds is 5. The van der Waals surface area contributed by atoms with Gasteiger partial charge in [0, 0.05) is 11.0 Å². The summed E-state index contributed by atoms with van der Waals surface area (Å²) in [6.07, 6.45) is 1.16. The fourth-order valence-electron chi connectivity index (χ4n) is 1.10. The van der Waals surface area contributed by atoms with Crippen LogP contribution in [0.2, 0.25) is 0 Å². The third-order valence-electron chi connectivity index (χ3n) is 2.31. The maximum atomic E-state index is 10.6. The van der Waals surface area contributed by atoms with Gasteiger partial charge in [0.2, 0.25) is 0 Å². The molecular weight excluding hydrogens is 208 g/mol. The highest BCUT2D eigenvalue weighted by Crippen LogP contribution is 2.19. The molecule has 0 spiro atoms. The first-order valence-electron chi connectivity index (χ1n) is 5.07. The lowest BCUT2D eigenvalue weighted by Gasteiger charge is -2.07. The fourth-order valence-corrected chi connectivity index (χ4v) is 2.01. The SMILES string of the molecule is CCC(C)SCc1ccc(C(=O)O)cc1. The minimum Gasteiger partial charge on any atom is -0.478 e. The summed E-state index contributed by atoms with van der Waals surface area (Å²) in [5.74, 6) is 0.0886. The predicted molar refractivity (Wildman–Crippen MR) is 64.4 cm³/mol. The van der Waals surface area contributed by atoms with E-state index in [1.807, 2.05) is 23.9 Å². The number of benzene rings is 1. The van der Waals surface area contributed by atoms with Crippen molar-refractivity contribution in [1.82, 2.24) is 0 Å². The molecule has 0 saturated heterocycles. The van der Waals surface area contributed by atoms with Crippen LogP contribution in [0.15, 0.2) is 24.3 Å². The van der Waals surface area contributed by atoms with Gasteiger partial charge in [-0.05, 0) is 24.1 Å². The smallest absolute Gasteiger partial charge is 0.335 e. The molecule has 0 saturated carbocycles. The Labute approximate surface area is 94.7 Å². The summed E-state index contributed by atoms with van der Waals surface area (Å²) in [6.45, 7) is 4.38. The molecule has 15 heavy (non-hydrogen) atoms. The van der Waals surface area contributed by atoms with Gasteiger partial charge < -0.3 is 5.11 Å². The molecular formula is C12H16O2S. The average molecular weight is 224 g/mol. The van der Waals surface area contributed by atoms with Crippen LogP contribution >= 0.6 is 11.8 Å². The number of hydrogen-bond acceptors (Lipinski definition) is 2. The van der Waals surface area contributed by atoms with E-state index in [-0.39, 0.29) is 0 Å². The number of hydrogen-bond donors (Lipinski definition) is 1. The highest BCUT2D eigenvalue weighted by atomic mass is 32.2. The molecule has 1 unspecified atom stereocenters. The zero-order valence-corrected chi connectivity index (χ0v) is 9.88. The lowest BCUT2D eigenvalue weighted by molar-refractivity contribution is 0.0697. The first-order chi connectivity index (χ1) is 7.13. The molecule has 3 heteroatoms. The van der Waals surface area contributed by atoms with Crippen LogP contribution in [0.25, 0.3) is 0 Å². The highest BCUT2D eigenvalue weighted by molar-refractivity contribution is 7.99. The molecule has 2 nitrogen and oxygen atoms in total. The molecule has 0 bridgehead atoms. The topological polar surface area (TPSA) is 37.3 Å². The lowest BCUT2D eigenvalue weighted by atomic mass is 10.1. The van der Waals surface area contributed by atoms with Gasteiger partial charge in [0.05, 0.1) is 5.56 Å². The molecule has 0 aliphatic heterocycles. The van der Waals surface area contributed by atoms with Crippen molar-refractivity contribution in [1.29, 1.82) is 0 Å². The highest BCUT2D eigenvalue weighted by Gasteiger charge is 2.03. The van der Waals surface area contributed by atoms with E-state index in [1.54, 1.807) is 12.1 Å². The largest absolute Gasteiger partial charge is 0.478 e. The fraction of sp³-hybridized carbons (Fsp3) is 0.417. The number of carboxylic acid groups (broad SMARTS) is 1. The third kappa shape index (κ3) is 3.96. The van der Waals surface area contributed by atoms with E-state index in [4.69, 9.17) is 5.11 Å². The Balaban J connectivity index is 2.53. The van der Waals surface area contributed by atoms with Crippen molar-refractivity contribution in [3.05, 3.63) is 35.4 Å². The van der Waals surface area contributed by atoms with Crippen molar-refractivity contribution in [2.24, 2.45) is 0 Å². The second kappa shape index (κ2) is 5.81. The van der Waals surface area contributed by atoms with Gasteiger partial charge >= 0.3 is 5.97 Å². The van der Waals surface area contributed by atoms with E-state index in [9.17, 15) is 4.79 Å². The molecule has 0 amide bonds. The van der Waals surface area contributed by atoms with Crippen molar-refractivity contribution < 1.29 is 9.90 Å². The Morgan fingerprint density at radius 1 is 1.40 bits per heavy atom. The molecule has 0 fully saturated rings. The summed E-state index contributed by atoms with van der Waals surface area (Å²) in [7, 11) is 0. The second-order valence-corrected chi connectivity index (χ2v) is 4.96. The Bertz CT molecular complexity index is 319. The standard InChI is InChI=1S/C12H16O2S/c1-3-9(2)15-8-10-4-6-11(7-5-10)12(13)14/h4-7,9H,3,8H2,1-2H3,(H,13,14). The number of carbonyl (C=O) groups is 1. The summed E-state index contributed by atoms with van der Waals surface area (Å²) < 4.78 is 0. The van der Waals surface area contributed by atoms with Crippen LogP contribution in [0.1, 0.15) is 36.2 Å². The minimum absolute atomic E-state index is 0.354. The van der Waals surface area contributed by atoms with E-state index in [1.165, 1.54) is 5.56 Å². The van der Waals surface area contributed by atoms with Crippen molar-refractivity contribution in [2.75, 3.05) is 0 Å². The van der Waals surface area contributed by atoms with E-state index in [0.717, 1.165) is 12.2 Å².